The summed E-state index contributed by atoms with van der Waals surface area (Å²) in [7, 11) is 0. The summed E-state index contributed by atoms with van der Waals surface area (Å²) in [5, 5.41) is 0. The van der Waals surface area contributed by atoms with E-state index in [0.29, 0.717) is 19.0 Å². The van der Waals surface area contributed by atoms with Gasteiger partial charge < -0.3 is 9.64 Å². The predicted octanol–water partition coefficient (Wildman–Crippen LogP) is 1.18. The van der Waals surface area contributed by atoms with Gasteiger partial charge in [0.05, 0.1) is 6.61 Å². The fourth-order valence-electron chi connectivity index (χ4n) is 1.85. The van der Waals surface area contributed by atoms with Gasteiger partial charge in [0, 0.05) is 31.4 Å². The molecule has 1 fully saturated rings. The Morgan fingerprint density at radius 2 is 2.41 bits per heavy atom. The lowest BCUT2D eigenvalue weighted by molar-refractivity contribution is -0.127. The largest absolute Gasteiger partial charge is 0.463 e. The number of aromatic nitrogens is 2. The van der Waals surface area contributed by atoms with Crippen LogP contribution in [0.1, 0.15) is 25.0 Å². The molecular weight excluding hydrogens is 218 g/mol. The van der Waals surface area contributed by atoms with Crippen LogP contribution < -0.4 is 4.74 Å². The van der Waals surface area contributed by atoms with Crippen molar-refractivity contribution >= 4 is 5.91 Å². The Hall–Kier alpha value is -1.65. The molecule has 0 N–H and O–H groups in total. The molecule has 0 spiro atoms. The van der Waals surface area contributed by atoms with Gasteiger partial charge in [-0.1, -0.05) is 0 Å². The smallest absolute Gasteiger partial charge is 0.316 e. The summed E-state index contributed by atoms with van der Waals surface area (Å²) in [5.41, 5.74) is 0.893. The fraction of sp³-hybridized carbons (Fsp3) is 0.583. The second-order valence-corrected chi connectivity index (χ2v) is 4.17. The van der Waals surface area contributed by atoms with Gasteiger partial charge in [-0.15, -0.1) is 0 Å². The van der Waals surface area contributed by atoms with E-state index in [0.717, 1.165) is 31.6 Å². The third-order valence-corrected chi connectivity index (χ3v) is 2.75. The van der Waals surface area contributed by atoms with Crippen LogP contribution in [-0.2, 0) is 4.79 Å². The number of likely N-dealkylation sites (tertiary alicyclic amines) is 1. The summed E-state index contributed by atoms with van der Waals surface area (Å²) >= 11 is 0. The lowest BCUT2D eigenvalue weighted by atomic mass is 10.4. The zero-order valence-electron chi connectivity index (χ0n) is 10.1. The Morgan fingerprint density at radius 1 is 1.53 bits per heavy atom. The molecule has 1 aliphatic heterocycles. The number of hydrogen-bond donors (Lipinski definition) is 0. The molecule has 92 valence electrons. The van der Waals surface area contributed by atoms with Crippen LogP contribution in [0, 0.1) is 6.92 Å². The maximum absolute atomic E-state index is 11.3. The van der Waals surface area contributed by atoms with Crippen LogP contribution in [0.2, 0.25) is 0 Å². The zero-order valence-corrected chi connectivity index (χ0v) is 10.1. The molecule has 1 aromatic rings. The molecule has 2 rings (SSSR count). The van der Waals surface area contributed by atoms with E-state index < -0.39 is 0 Å². The lowest BCUT2D eigenvalue weighted by Gasteiger charge is -2.14. The minimum atomic E-state index is 0.261. The molecule has 1 aromatic heterocycles. The van der Waals surface area contributed by atoms with Gasteiger partial charge in [0.15, 0.2) is 0 Å². The molecule has 0 bridgehead atoms. The highest BCUT2D eigenvalue weighted by Crippen LogP contribution is 2.10. The molecule has 5 nitrogen and oxygen atoms in total. The first kappa shape index (κ1) is 11.8. The van der Waals surface area contributed by atoms with Gasteiger partial charge >= 0.3 is 6.01 Å². The third kappa shape index (κ3) is 3.41. The number of hydrogen-bond acceptors (Lipinski definition) is 4. The normalized spacial score (nSPS) is 15.4. The zero-order chi connectivity index (χ0) is 12.1. The van der Waals surface area contributed by atoms with Crippen LogP contribution >= 0.6 is 0 Å². The summed E-state index contributed by atoms with van der Waals surface area (Å²) in [5.74, 6) is 0.261. The molecule has 1 saturated heterocycles. The molecule has 0 saturated carbocycles. The van der Waals surface area contributed by atoms with E-state index in [9.17, 15) is 4.79 Å². The van der Waals surface area contributed by atoms with Crippen molar-refractivity contribution in [1.29, 1.82) is 0 Å². The summed E-state index contributed by atoms with van der Waals surface area (Å²) in [6.07, 6.45) is 4.19. The quantitative estimate of drug-likeness (QED) is 0.719. The van der Waals surface area contributed by atoms with Crippen LogP contribution in [0.3, 0.4) is 0 Å². The van der Waals surface area contributed by atoms with E-state index in [2.05, 4.69) is 9.97 Å². The number of ether oxygens (including phenoxy) is 1. The average Bonchev–Trinajstić information content (AvgIpc) is 2.71. The molecule has 0 unspecified atom stereocenters. The topological polar surface area (TPSA) is 55.3 Å². The second-order valence-electron chi connectivity index (χ2n) is 4.17. The molecule has 0 aromatic carbocycles. The monoisotopic (exact) mass is 235 g/mol. The van der Waals surface area contributed by atoms with Gasteiger partial charge in [0.2, 0.25) is 5.91 Å². The van der Waals surface area contributed by atoms with Gasteiger partial charge in [0.25, 0.3) is 0 Å². The van der Waals surface area contributed by atoms with Crippen molar-refractivity contribution in [3.8, 4) is 6.01 Å². The Kier molecular flexibility index (Phi) is 3.90. The maximum Gasteiger partial charge on any atom is 0.316 e. The standard InChI is InChI=1S/C12H17N3O2/c1-10-5-6-13-12(14-10)17-9-3-8-15-7-2-4-11(15)16/h5-6H,2-4,7-9H2,1H3. The highest BCUT2D eigenvalue weighted by molar-refractivity contribution is 5.77. The van der Waals surface area contributed by atoms with E-state index >= 15 is 0 Å². The van der Waals surface area contributed by atoms with Crippen LogP contribution in [-0.4, -0.2) is 40.5 Å². The Labute approximate surface area is 101 Å². The van der Waals surface area contributed by atoms with Crippen LogP contribution in [0.5, 0.6) is 6.01 Å². The first-order valence-electron chi connectivity index (χ1n) is 5.96. The first-order chi connectivity index (χ1) is 8.25. The van der Waals surface area contributed by atoms with Crippen LogP contribution in [0.15, 0.2) is 12.3 Å². The Bertz CT molecular complexity index is 395. The molecule has 17 heavy (non-hydrogen) atoms. The highest BCUT2D eigenvalue weighted by atomic mass is 16.5. The molecule has 0 atom stereocenters. The minimum absolute atomic E-state index is 0.261. The lowest BCUT2D eigenvalue weighted by Crippen LogP contribution is -2.26. The SMILES string of the molecule is Cc1ccnc(OCCCN2CCCC2=O)n1. The van der Waals surface area contributed by atoms with Crippen molar-refractivity contribution in [3.63, 3.8) is 0 Å². The van der Waals surface area contributed by atoms with E-state index in [1.807, 2.05) is 17.9 Å². The molecule has 0 aliphatic carbocycles. The summed E-state index contributed by atoms with van der Waals surface area (Å²) in [4.78, 5) is 21.4. The number of carbonyl (C=O) groups is 1. The molecule has 5 heteroatoms. The summed E-state index contributed by atoms with van der Waals surface area (Å²) in [6.45, 7) is 4.11. The van der Waals surface area contributed by atoms with E-state index in [1.54, 1.807) is 6.20 Å². The Morgan fingerprint density at radius 3 is 3.12 bits per heavy atom. The number of aryl methyl sites for hydroxylation is 1. The van der Waals surface area contributed by atoms with Crippen molar-refractivity contribution in [2.45, 2.75) is 26.2 Å². The molecule has 1 amide bonds. The molecular formula is C12H17N3O2. The van der Waals surface area contributed by atoms with Gasteiger partial charge in [0.1, 0.15) is 0 Å². The van der Waals surface area contributed by atoms with E-state index in [1.165, 1.54) is 0 Å². The van der Waals surface area contributed by atoms with Crippen molar-refractivity contribution < 1.29 is 9.53 Å². The number of carbonyl (C=O) groups excluding carboxylic acids is 1. The maximum atomic E-state index is 11.3. The highest BCUT2D eigenvalue weighted by Gasteiger charge is 2.18. The first-order valence-corrected chi connectivity index (χ1v) is 5.96. The number of amides is 1. The van der Waals surface area contributed by atoms with Crippen molar-refractivity contribution in [1.82, 2.24) is 14.9 Å². The minimum Gasteiger partial charge on any atom is -0.463 e. The van der Waals surface area contributed by atoms with Gasteiger partial charge in [-0.2, -0.15) is 0 Å². The van der Waals surface area contributed by atoms with Crippen LogP contribution in [0.4, 0.5) is 0 Å². The molecule has 0 radical (unpaired) electrons. The predicted molar refractivity (Wildman–Crippen MR) is 62.7 cm³/mol. The van der Waals surface area contributed by atoms with Crippen LogP contribution in [0.25, 0.3) is 0 Å². The average molecular weight is 235 g/mol. The summed E-state index contributed by atoms with van der Waals surface area (Å²) in [6, 6.07) is 2.24. The van der Waals surface area contributed by atoms with Gasteiger partial charge in [-0.05, 0) is 25.8 Å². The molecule has 2 heterocycles. The van der Waals surface area contributed by atoms with Crippen molar-refractivity contribution in [3.05, 3.63) is 18.0 Å². The Balaban J connectivity index is 1.68. The van der Waals surface area contributed by atoms with E-state index in [-0.39, 0.29) is 5.91 Å². The molecule has 1 aliphatic rings. The van der Waals surface area contributed by atoms with Crippen molar-refractivity contribution in [2.24, 2.45) is 0 Å². The second kappa shape index (κ2) is 5.61. The van der Waals surface area contributed by atoms with Gasteiger partial charge in [-0.3, -0.25) is 4.79 Å². The van der Waals surface area contributed by atoms with Crippen molar-refractivity contribution in [2.75, 3.05) is 19.7 Å². The summed E-state index contributed by atoms with van der Waals surface area (Å²) < 4.78 is 5.42. The van der Waals surface area contributed by atoms with E-state index in [4.69, 9.17) is 4.74 Å². The number of nitrogens with zero attached hydrogens (tertiary/aromatic N) is 3. The third-order valence-electron chi connectivity index (χ3n) is 2.75. The fourth-order valence-corrected chi connectivity index (χ4v) is 1.85. The number of rotatable bonds is 5. The van der Waals surface area contributed by atoms with Gasteiger partial charge in [-0.25, -0.2) is 9.97 Å².